The Morgan fingerprint density at radius 2 is 1.61 bits per heavy atom. The quantitative estimate of drug-likeness (QED) is 0.832. The standard InChI is InChI=1S/C7H10O2.C7H8O2/c2*1-5-4-9-6(2)7(5)3-8/h4,8H,3H2,1-2H3;3-4H,1-2H3. The SMILES string of the molecule is Cc1coc(C)c1C=O.Cc1coc(C)c1CO. The van der Waals surface area contributed by atoms with Crippen molar-refractivity contribution in [2.24, 2.45) is 0 Å². The van der Waals surface area contributed by atoms with Gasteiger partial charge in [0.25, 0.3) is 0 Å². The number of hydrogen-bond donors (Lipinski definition) is 1. The minimum Gasteiger partial charge on any atom is -0.469 e. The first-order valence-corrected chi connectivity index (χ1v) is 5.65. The summed E-state index contributed by atoms with van der Waals surface area (Å²) in [4.78, 5) is 10.2. The lowest BCUT2D eigenvalue weighted by Gasteiger charge is -1.90. The number of aliphatic hydroxyl groups is 1. The summed E-state index contributed by atoms with van der Waals surface area (Å²) in [5, 5.41) is 8.73. The molecule has 0 bridgehead atoms. The van der Waals surface area contributed by atoms with E-state index in [0.29, 0.717) is 11.3 Å². The van der Waals surface area contributed by atoms with Crippen LogP contribution in [0.3, 0.4) is 0 Å². The summed E-state index contributed by atoms with van der Waals surface area (Å²) in [6.07, 6.45) is 4.05. The zero-order chi connectivity index (χ0) is 13.7. The van der Waals surface area contributed by atoms with Gasteiger partial charge in [-0.15, -0.1) is 0 Å². The average molecular weight is 250 g/mol. The molecule has 2 aromatic rings. The zero-order valence-electron chi connectivity index (χ0n) is 11.1. The predicted octanol–water partition coefficient (Wildman–Crippen LogP) is 3.10. The second-order valence-corrected chi connectivity index (χ2v) is 4.12. The molecule has 0 aliphatic heterocycles. The van der Waals surface area contributed by atoms with Gasteiger partial charge < -0.3 is 13.9 Å². The number of aryl methyl sites for hydroxylation is 4. The van der Waals surface area contributed by atoms with Crippen molar-refractivity contribution in [3.8, 4) is 0 Å². The molecule has 0 saturated heterocycles. The molecule has 0 aliphatic carbocycles. The molecule has 0 fully saturated rings. The Bertz CT molecular complexity index is 481. The van der Waals surface area contributed by atoms with Gasteiger partial charge in [-0.2, -0.15) is 0 Å². The lowest BCUT2D eigenvalue weighted by atomic mass is 10.2. The molecule has 0 aromatic carbocycles. The maximum absolute atomic E-state index is 10.2. The summed E-state index contributed by atoms with van der Waals surface area (Å²) in [5.41, 5.74) is 3.52. The summed E-state index contributed by atoms with van der Waals surface area (Å²) in [5.74, 6) is 1.51. The molecule has 2 rings (SSSR count). The second kappa shape index (κ2) is 6.21. The van der Waals surface area contributed by atoms with E-state index in [1.165, 1.54) is 0 Å². The number of hydrogen-bond acceptors (Lipinski definition) is 4. The van der Waals surface area contributed by atoms with E-state index in [4.69, 9.17) is 13.9 Å². The van der Waals surface area contributed by atoms with Crippen molar-refractivity contribution in [3.63, 3.8) is 0 Å². The molecule has 0 spiro atoms. The van der Waals surface area contributed by atoms with Gasteiger partial charge in [-0.3, -0.25) is 4.79 Å². The molecule has 0 unspecified atom stereocenters. The highest BCUT2D eigenvalue weighted by atomic mass is 16.3. The molecule has 2 heterocycles. The molecule has 0 radical (unpaired) electrons. The third kappa shape index (κ3) is 3.11. The smallest absolute Gasteiger partial charge is 0.153 e. The lowest BCUT2D eigenvalue weighted by Crippen LogP contribution is -1.84. The number of furan rings is 2. The number of carbonyl (C=O) groups is 1. The van der Waals surface area contributed by atoms with Crippen LogP contribution in [0, 0.1) is 27.7 Å². The largest absolute Gasteiger partial charge is 0.469 e. The molecule has 0 saturated carbocycles. The van der Waals surface area contributed by atoms with Crippen molar-refractivity contribution in [2.75, 3.05) is 0 Å². The van der Waals surface area contributed by atoms with Crippen LogP contribution in [0.15, 0.2) is 21.4 Å². The molecule has 0 atom stereocenters. The monoisotopic (exact) mass is 250 g/mol. The fourth-order valence-corrected chi connectivity index (χ4v) is 1.59. The minimum atomic E-state index is 0.0775. The lowest BCUT2D eigenvalue weighted by molar-refractivity contribution is 0.112. The second-order valence-electron chi connectivity index (χ2n) is 4.12. The van der Waals surface area contributed by atoms with E-state index < -0.39 is 0 Å². The highest BCUT2D eigenvalue weighted by Gasteiger charge is 2.03. The molecule has 98 valence electrons. The van der Waals surface area contributed by atoms with Gasteiger partial charge >= 0.3 is 0 Å². The third-order valence-corrected chi connectivity index (χ3v) is 2.81. The average Bonchev–Trinajstić information content (AvgIpc) is 2.83. The van der Waals surface area contributed by atoms with Crippen LogP contribution < -0.4 is 0 Å². The summed E-state index contributed by atoms with van der Waals surface area (Å²) in [7, 11) is 0. The van der Waals surface area contributed by atoms with Crippen molar-refractivity contribution >= 4 is 6.29 Å². The zero-order valence-corrected chi connectivity index (χ0v) is 11.1. The van der Waals surface area contributed by atoms with Crippen molar-refractivity contribution in [2.45, 2.75) is 34.3 Å². The summed E-state index contributed by atoms with van der Waals surface area (Å²) >= 11 is 0. The van der Waals surface area contributed by atoms with Crippen molar-refractivity contribution in [3.05, 3.63) is 46.3 Å². The van der Waals surface area contributed by atoms with E-state index in [2.05, 4.69) is 0 Å². The first-order valence-electron chi connectivity index (χ1n) is 5.65. The van der Waals surface area contributed by atoms with Gasteiger partial charge in [-0.05, 0) is 38.8 Å². The highest BCUT2D eigenvalue weighted by Crippen LogP contribution is 2.14. The molecule has 0 amide bonds. The van der Waals surface area contributed by atoms with Gasteiger partial charge in [0, 0.05) is 5.56 Å². The number of aliphatic hydroxyl groups excluding tert-OH is 1. The fraction of sp³-hybridized carbons (Fsp3) is 0.357. The third-order valence-electron chi connectivity index (χ3n) is 2.81. The molecule has 1 N–H and O–H groups in total. The Balaban J connectivity index is 0.000000180. The predicted molar refractivity (Wildman–Crippen MR) is 67.7 cm³/mol. The van der Waals surface area contributed by atoms with E-state index in [-0.39, 0.29) is 6.61 Å². The Kier molecular flexibility index (Phi) is 4.92. The molecule has 4 heteroatoms. The van der Waals surface area contributed by atoms with Crippen LogP contribution in [0.2, 0.25) is 0 Å². The number of aldehydes is 1. The molecular weight excluding hydrogens is 232 g/mol. The Morgan fingerprint density at radius 1 is 1.06 bits per heavy atom. The normalized spacial score (nSPS) is 9.83. The van der Waals surface area contributed by atoms with Crippen LogP contribution in [0.4, 0.5) is 0 Å². The van der Waals surface area contributed by atoms with Gasteiger partial charge in [0.1, 0.15) is 11.5 Å². The first-order chi connectivity index (χ1) is 8.51. The molecular formula is C14H18O4. The molecule has 2 aromatic heterocycles. The molecule has 18 heavy (non-hydrogen) atoms. The summed E-state index contributed by atoms with van der Waals surface area (Å²) < 4.78 is 9.98. The topological polar surface area (TPSA) is 63.6 Å². The minimum absolute atomic E-state index is 0.0775. The van der Waals surface area contributed by atoms with E-state index in [1.807, 2.05) is 20.8 Å². The van der Waals surface area contributed by atoms with Gasteiger partial charge in [0.15, 0.2) is 6.29 Å². The van der Waals surface area contributed by atoms with Crippen LogP contribution in [0.5, 0.6) is 0 Å². The van der Waals surface area contributed by atoms with E-state index in [1.54, 1.807) is 19.5 Å². The van der Waals surface area contributed by atoms with Gasteiger partial charge in [-0.1, -0.05) is 0 Å². The van der Waals surface area contributed by atoms with E-state index >= 15 is 0 Å². The Labute approximate surface area is 106 Å². The first kappa shape index (κ1) is 14.3. The van der Waals surface area contributed by atoms with E-state index in [0.717, 1.165) is 28.7 Å². The van der Waals surface area contributed by atoms with Crippen molar-refractivity contribution < 1.29 is 18.7 Å². The highest BCUT2D eigenvalue weighted by molar-refractivity contribution is 5.78. The number of rotatable bonds is 2. The molecule has 0 aliphatic rings. The summed E-state index contributed by atoms with van der Waals surface area (Å²) in [6, 6.07) is 0. The Hall–Kier alpha value is -1.81. The fourth-order valence-electron chi connectivity index (χ4n) is 1.59. The Morgan fingerprint density at radius 3 is 1.83 bits per heavy atom. The van der Waals surface area contributed by atoms with Gasteiger partial charge in [0.05, 0.1) is 24.7 Å². The van der Waals surface area contributed by atoms with Crippen LogP contribution in [0.25, 0.3) is 0 Å². The van der Waals surface area contributed by atoms with Crippen LogP contribution in [0.1, 0.15) is 38.6 Å². The van der Waals surface area contributed by atoms with E-state index in [9.17, 15) is 4.79 Å². The maximum Gasteiger partial charge on any atom is 0.153 e. The van der Waals surface area contributed by atoms with Crippen molar-refractivity contribution in [1.29, 1.82) is 0 Å². The summed E-state index contributed by atoms with van der Waals surface area (Å²) in [6.45, 7) is 7.46. The van der Waals surface area contributed by atoms with Crippen molar-refractivity contribution in [1.82, 2.24) is 0 Å². The van der Waals surface area contributed by atoms with Gasteiger partial charge in [-0.25, -0.2) is 0 Å². The van der Waals surface area contributed by atoms with Gasteiger partial charge in [0.2, 0.25) is 0 Å². The van der Waals surface area contributed by atoms with Crippen LogP contribution in [-0.4, -0.2) is 11.4 Å². The van der Waals surface area contributed by atoms with Crippen LogP contribution in [-0.2, 0) is 6.61 Å². The number of carbonyl (C=O) groups excluding carboxylic acids is 1. The van der Waals surface area contributed by atoms with Crippen LogP contribution >= 0.6 is 0 Å². The molecule has 4 nitrogen and oxygen atoms in total. The maximum atomic E-state index is 10.2.